The zero-order chi connectivity index (χ0) is 43.5. The highest BCUT2D eigenvalue weighted by Gasteiger charge is 2.44. The first-order chi connectivity index (χ1) is 28.5. The molecule has 1 aliphatic heterocycles. The maximum Gasteiger partial charge on any atom is 0.249 e. The summed E-state index contributed by atoms with van der Waals surface area (Å²) in [6.07, 6.45) is 25.9. The Morgan fingerprint density at radius 1 is 0.559 bits per heavy atom. The molecule has 1 heterocycles. The zero-order valence-corrected chi connectivity index (χ0v) is 38.2. The molecule has 0 aromatic rings. The molecule has 8 N–H and O–H groups in total. The Labute approximate surface area is 360 Å². The van der Waals surface area contributed by atoms with Crippen LogP contribution in [-0.4, -0.2) is 110 Å². The van der Waals surface area contributed by atoms with E-state index in [0.29, 0.717) is 19.3 Å². The van der Waals surface area contributed by atoms with Crippen molar-refractivity contribution >= 4 is 5.91 Å². The van der Waals surface area contributed by atoms with Crippen molar-refractivity contribution in [3.63, 3.8) is 0 Å². The second kappa shape index (κ2) is 37.6. The highest BCUT2D eigenvalue weighted by atomic mass is 16.7. The van der Waals surface area contributed by atoms with E-state index in [4.69, 9.17) is 9.47 Å². The summed E-state index contributed by atoms with van der Waals surface area (Å²) in [5, 5.41) is 75.7. The van der Waals surface area contributed by atoms with Gasteiger partial charge < -0.3 is 50.5 Å². The van der Waals surface area contributed by atoms with Gasteiger partial charge in [-0.25, -0.2) is 0 Å². The molecular formula is C48H95NO10. The van der Waals surface area contributed by atoms with Crippen LogP contribution in [0.5, 0.6) is 0 Å². The summed E-state index contributed by atoms with van der Waals surface area (Å²) in [6, 6.07) is -1.16. The molecule has 0 unspecified atom stereocenters. The van der Waals surface area contributed by atoms with E-state index in [1.807, 2.05) is 0 Å². The summed E-state index contributed by atoms with van der Waals surface area (Å²) < 4.78 is 11.1. The van der Waals surface area contributed by atoms with E-state index in [-0.39, 0.29) is 6.42 Å². The largest absolute Gasteiger partial charge is 0.394 e. The molecule has 0 aromatic heterocycles. The van der Waals surface area contributed by atoms with Crippen LogP contribution >= 0.6 is 0 Å². The van der Waals surface area contributed by atoms with E-state index in [0.717, 1.165) is 44.4 Å². The summed E-state index contributed by atoms with van der Waals surface area (Å²) in [4.78, 5) is 13.1. The lowest BCUT2D eigenvalue weighted by Gasteiger charge is -2.40. The van der Waals surface area contributed by atoms with E-state index in [1.165, 1.54) is 141 Å². The van der Waals surface area contributed by atoms with Crippen molar-refractivity contribution in [1.29, 1.82) is 0 Å². The van der Waals surface area contributed by atoms with Crippen LogP contribution in [0.3, 0.4) is 0 Å². The first kappa shape index (κ1) is 56.1. The van der Waals surface area contributed by atoms with Crippen LogP contribution in [0.25, 0.3) is 0 Å². The van der Waals surface area contributed by atoms with Gasteiger partial charge in [0.1, 0.15) is 36.6 Å². The van der Waals surface area contributed by atoms with Crippen LogP contribution in [-0.2, 0) is 14.3 Å². The van der Waals surface area contributed by atoms with E-state index in [1.54, 1.807) is 0 Å². The van der Waals surface area contributed by atoms with Gasteiger partial charge in [0.2, 0.25) is 5.91 Å². The maximum atomic E-state index is 13.1. The molecule has 1 amide bonds. The van der Waals surface area contributed by atoms with Gasteiger partial charge in [-0.15, -0.1) is 0 Å². The predicted octanol–water partition coefficient (Wildman–Crippen LogP) is 8.53. The SMILES string of the molecule is CCCCCCCCCCCCCCCCCCCCCC[C@H](O)C(=O)N[C@@H](CO[C@@H]1O[C@H](CO)[C@@H](O)[C@H](O)[C@H]1O)[C@H](O)[C@H](O)CCCCCCCCCCCC(C)C. The fraction of sp³-hybridized carbons (Fsp3) is 0.979. The lowest BCUT2D eigenvalue weighted by Crippen LogP contribution is -2.60. The van der Waals surface area contributed by atoms with Crippen LogP contribution in [0, 0.1) is 5.92 Å². The van der Waals surface area contributed by atoms with E-state index >= 15 is 0 Å². The number of hydrogen-bond donors (Lipinski definition) is 8. The van der Waals surface area contributed by atoms with Gasteiger partial charge >= 0.3 is 0 Å². The Kier molecular flexibility index (Phi) is 35.8. The monoisotopic (exact) mass is 846 g/mol. The lowest BCUT2D eigenvalue weighted by atomic mass is 9.98. The van der Waals surface area contributed by atoms with Crippen LogP contribution in [0.1, 0.15) is 226 Å². The van der Waals surface area contributed by atoms with E-state index in [2.05, 4.69) is 26.1 Å². The normalized spacial score (nSPS) is 21.8. The summed E-state index contributed by atoms with van der Waals surface area (Å²) in [5.74, 6) is 0.0701. The highest BCUT2D eigenvalue weighted by Crippen LogP contribution is 2.23. The third-order valence-electron chi connectivity index (χ3n) is 12.3. The minimum Gasteiger partial charge on any atom is -0.394 e. The summed E-state index contributed by atoms with van der Waals surface area (Å²) in [7, 11) is 0. The van der Waals surface area contributed by atoms with Gasteiger partial charge in [0, 0.05) is 0 Å². The molecule has 9 atom stereocenters. The molecule has 59 heavy (non-hydrogen) atoms. The van der Waals surface area contributed by atoms with Gasteiger partial charge in [-0.1, -0.05) is 213 Å². The minimum atomic E-state index is -1.66. The first-order valence-electron chi connectivity index (χ1n) is 24.8. The van der Waals surface area contributed by atoms with Crippen LogP contribution < -0.4 is 5.32 Å². The Morgan fingerprint density at radius 2 is 0.949 bits per heavy atom. The fourth-order valence-corrected chi connectivity index (χ4v) is 8.21. The van der Waals surface area contributed by atoms with Crippen molar-refractivity contribution in [2.75, 3.05) is 13.2 Å². The van der Waals surface area contributed by atoms with Gasteiger partial charge in [0.25, 0.3) is 0 Å². The van der Waals surface area contributed by atoms with Gasteiger partial charge in [-0.05, 0) is 18.8 Å². The van der Waals surface area contributed by atoms with Crippen molar-refractivity contribution in [1.82, 2.24) is 5.32 Å². The molecule has 11 heteroatoms. The van der Waals surface area contributed by atoms with Crippen molar-refractivity contribution in [2.45, 2.75) is 281 Å². The lowest BCUT2D eigenvalue weighted by molar-refractivity contribution is -0.303. The number of carbonyl (C=O) groups excluding carboxylic acids is 1. The number of rotatable bonds is 41. The van der Waals surface area contributed by atoms with Gasteiger partial charge in [-0.2, -0.15) is 0 Å². The number of amides is 1. The number of unbranched alkanes of at least 4 members (excludes halogenated alkanes) is 27. The second-order valence-electron chi connectivity index (χ2n) is 18.4. The Morgan fingerprint density at radius 3 is 1.36 bits per heavy atom. The Hall–Kier alpha value is -0.890. The molecule has 0 bridgehead atoms. The smallest absolute Gasteiger partial charge is 0.249 e. The number of nitrogens with one attached hydrogen (secondary N) is 1. The minimum absolute atomic E-state index is 0.266. The molecular weight excluding hydrogens is 751 g/mol. The molecule has 1 rings (SSSR count). The molecule has 0 aromatic carbocycles. The quantitative estimate of drug-likeness (QED) is 0.0277. The summed E-state index contributed by atoms with van der Waals surface area (Å²) >= 11 is 0. The van der Waals surface area contributed by atoms with Gasteiger partial charge in [0.05, 0.1) is 25.4 Å². The number of hydrogen-bond acceptors (Lipinski definition) is 10. The molecule has 352 valence electrons. The van der Waals surface area contributed by atoms with Crippen LogP contribution in [0.2, 0.25) is 0 Å². The molecule has 1 fully saturated rings. The maximum absolute atomic E-state index is 13.1. The van der Waals surface area contributed by atoms with Gasteiger partial charge in [0.15, 0.2) is 6.29 Å². The molecule has 1 aliphatic rings. The highest BCUT2D eigenvalue weighted by molar-refractivity contribution is 5.80. The molecule has 0 saturated carbocycles. The van der Waals surface area contributed by atoms with Crippen LogP contribution in [0.4, 0.5) is 0 Å². The third-order valence-corrected chi connectivity index (χ3v) is 12.3. The molecule has 11 nitrogen and oxygen atoms in total. The molecule has 0 spiro atoms. The van der Waals surface area contributed by atoms with Crippen molar-refractivity contribution in [3.05, 3.63) is 0 Å². The average molecular weight is 846 g/mol. The van der Waals surface area contributed by atoms with Crippen molar-refractivity contribution in [2.24, 2.45) is 5.92 Å². The Bertz CT molecular complexity index is 941. The number of ether oxygens (including phenoxy) is 2. The molecule has 0 aliphatic carbocycles. The predicted molar refractivity (Wildman–Crippen MR) is 238 cm³/mol. The number of carbonyl (C=O) groups is 1. The van der Waals surface area contributed by atoms with Crippen molar-refractivity contribution < 1.29 is 50.0 Å². The van der Waals surface area contributed by atoms with Gasteiger partial charge in [-0.3, -0.25) is 4.79 Å². The number of aliphatic hydroxyl groups excluding tert-OH is 7. The van der Waals surface area contributed by atoms with E-state index < -0.39 is 74.2 Å². The third kappa shape index (κ3) is 28.4. The second-order valence-corrected chi connectivity index (χ2v) is 18.4. The standard InChI is InChI=1S/C48H95NO10/c1-4-5-6-7-8-9-10-11-12-13-14-15-16-17-18-19-22-26-29-32-35-41(52)47(57)49-39(37-58-48-46(56)45(55)44(54)42(36-50)59-48)43(53)40(51)34-31-28-25-23-20-21-24-27-30-33-38(2)3/h38-46,48,50-56H,4-37H2,1-3H3,(H,49,57)/t39-,40+,41-,42+,43-,44+,45-,46+,48+/m0/s1. The summed E-state index contributed by atoms with van der Waals surface area (Å²) in [6.45, 7) is 5.75. The number of aliphatic hydroxyl groups is 7. The van der Waals surface area contributed by atoms with E-state index in [9.17, 15) is 40.5 Å². The first-order valence-corrected chi connectivity index (χ1v) is 24.8. The zero-order valence-electron chi connectivity index (χ0n) is 38.2. The average Bonchev–Trinajstić information content (AvgIpc) is 3.22. The topological polar surface area (TPSA) is 189 Å². The summed E-state index contributed by atoms with van der Waals surface area (Å²) in [5.41, 5.74) is 0. The Balaban J connectivity index is 2.37. The van der Waals surface area contributed by atoms with Crippen LogP contribution in [0.15, 0.2) is 0 Å². The van der Waals surface area contributed by atoms with Crippen molar-refractivity contribution in [3.8, 4) is 0 Å². The fourth-order valence-electron chi connectivity index (χ4n) is 8.21. The molecule has 1 saturated heterocycles. The molecule has 0 radical (unpaired) electrons.